The van der Waals surface area contributed by atoms with Crippen molar-refractivity contribution in [3.05, 3.63) is 17.5 Å². The molecule has 0 amide bonds. The van der Waals surface area contributed by atoms with Gasteiger partial charge in [0, 0.05) is 0 Å². The Bertz CT molecular complexity index is 433. The van der Waals surface area contributed by atoms with Gasteiger partial charge in [0.15, 0.2) is 9.84 Å². The zero-order valence-corrected chi connectivity index (χ0v) is 10.0. The SMILES string of the molecule is CC(C(=O)O)C(C)S(=O)(=O)c1cccs1. The second kappa shape index (κ2) is 4.32. The highest BCUT2D eigenvalue weighted by atomic mass is 32.2. The smallest absolute Gasteiger partial charge is 0.307 e. The third kappa shape index (κ3) is 2.38. The first-order chi connectivity index (χ1) is 6.87. The maximum Gasteiger partial charge on any atom is 0.307 e. The van der Waals surface area contributed by atoms with Crippen molar-refractivity contribution in [2.45, 2.75) is 23.3 Å². The molecule has 1 heterocycles. The summed E-state index contributed by atoms with van der Waals surface area (Å²) < 4.78 is 24.0. The molecule has 0 saturated heterocycles. The Balaban J connectivity index is 3.03. The average Bonchev–Trinajstić information content (AvgIpc) is 2.68. The van der Waals surface area contributed by atoms with Gasteiger partial charge in [0.2, 0.25) is 0 Å². The molecule has 0 fully saturated rings. The quantitative estimate of drug-likeness (QED) is 0.879. The molecule has 0 spiro atoms. The number of rotatable bonds is 4. The van der Waals surface area contributed by atoms with Crippen molar-refractivity contribution >= 4 is 27.1 Å². The summed E-state index contributed by atoms with van der Waals surface area (Å²) in [6, 6.07) is 3.13. The van der Waals surface area contributed by atoms with Crippen molar-refractivity contribution in [1.82, 2.24) is 0 Å². The summed E-state index contributed by atoms with van der Waals surface area (Å²) in [5, 5.41) is 9.50. The van der Waals surface area contributed by atoms with Crippen LogP contribution in [0.3, 0.4) is 0 Å². The molecule has 1 rings (SSSR count). The van der Waals surface area contributed by atoms with Crippen molar-refractivity contribution in [2.24, 2.45) is 5.92 Å². The van der Waals surface area contributed by atoms with E-state index in [0.717, 1.165) is 11.3 Å². The van der Waals surface area contributed by atoms with E-state index in [9.17, 15) is 13.2 Å². The fourth-order valence-electron chi connectivity index (χ4n) is 1.08. The highest BCUT2D eigenvalue weighted by Crippen LogP contribution is 2.25. The first-order valence-corrected chi connectivity index (χ1v) is 6.80. The first-order valence-electron chi connectivity index (χ1n) is 4.37. The molecule has 2 atom stereocenters. The Labute approximate surface area is 92.5 Å². The van der Waals surface area contributed by atoms with E-state index in [4.69, 9.17) is 5.11 Å². The molecule has 1 aromatic rings. The van der Waals surface area contributed by atoms with Crippen LogP contribution in [0.25, 0.3) is 0 Å². The highest BCUT2D eigenvalue weighted by Gasteiger charge is 2.32. The summed E-state index contributed by atoms with van der Waals surface area (Å²) in [6.07, 6.45) is 0. The molecule has 2 unspecified atom stereocenters. The zero-order valence-electron chi connectivity index (χ0n) is 8.38. The van der Waals surface area contributed by atoms with Crippen LogP contribution in [0.1, 0.15) is 13.8 Å². The maximum absolute atomic E-state index is 11.9. The minimum Gasteiger partial charge on any atom is -0.481 e. The predicted octanol–water partition coefficient (Wildman–Crippen LogP) is 1.63. The molecule has 0 aliphatic heterocycles. The molecule has 84 valence electrons. The fourth-order valence-corrected chi connectivity index (χ4v) is 3.97. The van der Waals surface area contributed by atoms with Gasteiger partial charge in [0.25, 0.3) is 0 Å². The van der Waals surface area contributed by atoms with E-state index in [1.54, 1.807) is 11.4 Å². The highest BCUT2D eigenvalue weighted by molar-refractivity contribution is 7.94. The van der Waals surface area contributed by atoms with E-state index >= 15 is 0 Å². The Hall–Kier alpha value is -0.880. The van der Waals surface area contributed by atoms with Gasteiger partial charge in [0.05, 0.1) is 11.2 Å². The van der Waals surface area contributed by atoms with Crippen LogP contribution in [0.2, 0.25) is 0 Å². The van der Waals surface area contributed by atoms with Gasteiger partial charge in [0.1, 0.15) is 4.21 Å². The lowest BCUT2D eigenvalue weighted by molar-refractivity contribution is -0.141. The number of carbonyl (C=O) groups is 1. The molecule has 1 N–H and O–H groups in total. The van der Waals surface area contributed by atoms with Crippen LogP contribution in [0.15, 0.2) is 21.7 Å². The molecule has 0 saturated carbocycles. The zero-order chi connectivity index (χ0) is 11.6. The van der Waals surface area contributed by atoms with E-state index in [-0.39, 0.29) is 4.21 Å². The van der Waals surface area contributed by atoms with Gasteiger partial charge in [-0.05, 0) is 18.4 Å². The van der Waals surface area contributed by atoms with Gasteiger partial charge in [-0.2, -0.15) is 0 Å². The second-order valence-corrected chi connectivity index (χ2v) is 6.79. The number of aliphatic carboxylic acids is 1. The van der Waals surface area contributed by atoms with Crippen molar-refractivity contribution < 1.29 is 18.3 Å². The standard InChI is InChI=1S/C9H12O4S2/c1-6(9(10)11)7(2)15(12,13)8-4-3-5-14-8/h3-7H,1-2H3,(H,10,11). The Kier molecular flexibility index (Phi) is 3.51. The molecule has 0 aromatic carbocycles. The topological polar surface area (TPSA) is 71.4 Å². The van der Waals surface area contributed by atoms with Crippen LogP contribution in [0, 0.1) is 5.92 Å². The molecule has 0 aliphatic carbocycles. The number of thiophene rings is 1. The lowest BCUT2D eigenvalue weighted by Crippen LogP contribution is -2.30. The van der Waals surface area contributed by atoms with Crippen LogP contribution in [0.5, 0.6) is 0 Å². The number of carboxylic acids is 1. The molecular formula is C9H12O4S2. The average molecular weight is 248 g/mol. The normalized spacial score (nSPS) is 15.9. The van der Waals surface area contributed by atoms with Crippen molar-refractivity contribution in [3.8, 4) is 0 Å². The summed E-state index contributed by atoms with van der Waals surface area (Å²) >= 11 is 1.11. The summed E-state index contributed by atoms with van der Waals surface area (Å²) in [6.45, 7) is 2.83. The number of hydrogen-bond donors (Lipinski definition) is 1. The maximum atomic E-state index is 11.9. The third-order valence-corrected chi connectivity index (χ3v) is 6.09. The van der Waals surface area contributed by atoms with Crippen molar-refractivity contribution in [3.63, 3.8) is 0 Å². The predicted molar refractivity (Wildman–Crippen MR) is 57.8 cm³/mol. The van der Waals surface area contributed by atoms with Crippen LogP contribution >= 0.6 is 11.3 Å². The summed E-state index contributed by atoms with van der Waals surface area (Å²) in [7, 11) is -3.50. The van der Waals surface area contributed by atoms with Gasteiger partial charge in [-0.25, -0.2) is 8.42 Å². The van der Waals surface area contributed by atoms with Crippen LogP contribution in [-0.4, -0.2) is 24.7 Å². The van der Waals surface area contributed by atoms with E-state index in [0.29, 0.717) is 0 Å². The van der Waals surface area contributed by atoms with Gasteiger partial charge >= 0.3 is 5.97 Å². The minimum absolute atomic E-state index is 0.225. The molecule has 1 aromatic heterocycles. The van der Waals surface area contributed by atoms with Gasteiger partial charge in [-0.1, -0.05) is 13.0 Å². The minimum atomic E-state index is -3.50. The van der Waals surface area contributed by atoms with Crippen molar-refractivity contribution in [1.29, 1.82) is 0 Å². The molecule has 6 heteroatoms. The second-order valence-electron chi connectivity index (χ2n) is 3.31. The molecule has 0 aliphatic rings. The number of sulfone groups is 1. The van der Waals surface area contributed by atoms with E-state index in [1.807, 2.05) is 0 Å². The van der Waals surface area contributed by atoms with E-state index < -0.39 is 27.0 Å². The molecule has 15 heavy (non-hydrogen) atoms. The Morgan fingerprint density at radius 2 is 2.07 bits per heavy atom. The van der Waals surface area contributed by atoms with Gasteiger partial charge in [-0.3, -0.25) is 4.79 Å². The molecular weight excluding hydrogens is 236 g/mol. The number of hydrogen-bond acceptors (Lipinski definition) is 4. The van der Waals surface area contributed by atoms with Crippen LogP contribution in [-0.2, 0) is 14.6 Å². The largest absolute Gasteiger partial charge is 0.481 e. The van der Waals surface area contributed by atoms with Crippen LogP contribution in [0.4, 0.5) is 0 Å². The molecule has 4 nitrogen and oxygen atoms in total. The number of carboxylic acid groups (broad SMARTS) is 1. The first kappa shape index (κ1) is 12.2. The molecule has 0 bridgehead atoms. The van der Waals surface area contributed by atoms with Gasteiger partial charge < -0.3 is 5.11 Å². The summed E-state index contributed by atoms with van der Waals surface area (Å²) in [5.74, 6) is -2.00. The third-order valence-electron chi connectivity index (χ3n) is 2.36. The Morgan fingerprint density at radius 1 is 1.47 bits per heavy atom. The summed E-state index contributed by atoms with van der Waals surface area (Å²) in [4.78, 5) is 10.7. The summed E-state index contributed by atoms with van der Waals surface area (Å²) in [5.41, 5.74) is 0. The fraction of sp³-hybridized carbons (Fsp3) is 0.444. The van der Waals surface area contributed by atoms with Gasteiger partial charge in [-0.15, -0.1) is 11.3 Å². The van der Waals surface area contributed by atoms with E-state index in [2.05, 4.69) is 0 Å². The van der Waals surface area contributed by atoms with E-state index in [1.165, 1.54) is 19.9 Å². The monoisotopic (exact) mass is 248 g/mol. The Morgan fingerprint density at radius 3 is 2.47 bits per heavy atom. The lowest BCUT2D eigenvalue weighted by Gasteiger charge is -2.15. The van der Waals surface area contributed by atoms with Crippen molar-refractivity contribution in [2.75, 3.05) is 0 Å². The molecule has 0 radical (unpaired) electrons. The van der Waals surface area contributed by atoms with Crippen LogP contribution < -0.4 is 0 Å². The lowest BCUT2D eigenvalue weighted by atomic mass is 10.1.